The van der Waals surface area contributed by atoms with E-state index in [9.17, 15) is 0 Å². The Bertz CT molecular complexity index is 8030. The molecular weight excluding hydrogens is 1450 g/mol. The molecule has 0 N–H and O–H groups in total. The Labute approximate surface area is 664 Å². The van der Waals surface area contributed by atoms with Crippen LogP contribution in [0.25, 0.3) is 228 Å². The molecule has 0 aliphatic carbocycles. The Hall–Kier alpha value is -14.4. The van der Waals surface area contributed by atoms with Crippen LogP contribution in [-0.4, -0.2) is 39.0 Å². The van der Waals surface area contributed by atoms with Crippen molar-refractivity contribution in [3.63, 3.8) is 0 Å². The third-order valence-electron chi connectivity index (χ3n) is 22.1. The van der Waals surface area contributed by atoms with Gasteiger partial charge in [-0.2, -0.15) is 0 Å². The van der Waals surface area contributed by atoms with Gasteiger partial charge in [0.15, 0.2) is 34.9 Å². The summed E-state index contributed by atoms with van der Waals surface area (Å²) in [5.41, 5.74) is 18.7. The summed E-state index contributed by atoms with van der Waals surface area (Å²) in [6.45, 7) is 0. The van der Waals surface area contributed by atoms with Crippen LogP contribution in [0.5, 0.6) is 0 Å². The normalized spacial score (nSPS) is 11.9. The van der Waals surface area contributed by atoms with Gasteiger partial charge in [-0.15, -0.1) is 34.0 Å². The number of fused-ring (bicyclic) bond motifs is 18. The highest BCUT2D eigenvalue weighted by Crippen LogP contribution is 2.47. The number of para-hydroxylation sites is 3. The second-order valence-electron chi connectivity index (χ2n) is 28.8. The lowest BCUT2D eigenvalue weighted by atomic mass is 9.98. The number of hydrogen-bond acceptors (Lipinski definition) is 10. The van der Waals surface area contributed by atoms with Gasteiger partial charge in [0, 0.05) is 138 Å². The van der Waals surface area contributed by atoms with Gasteiger partial charge in [-0.3, -0.25) is 0 Å². The highest BCUT2D eigenvalue weighted by molar-refractivity contribution is 7.26. The molecular formula is C102H60N8OS3. The molecule has 24 aromatic rings. The maximum absolute atomic E-state index is 6.27. The minimum absolute atomic E-state index is 0.586. The number of aromatic nitrogens is 8. The zero-order chi connectivity index (χ0) is 74.9. The molecule has 0 amide bonds. The van der Waals surface area contributed by atoms with Gasteiger partial charge < -0.3 is 13.6 Å². The molecule has 12 heteroatoms. The Morgan fingerprint density at radius 3 is 1.00 bits per heavy atom. The molecule has 0 unspecified atom stereocenters. The van der Waals surface area contributed by atoms with Crippen LogP contribution in [0.15, 0.2) is 368 Å². The summed E-state index contributed by atoms with van der Waals surface area (Å²) in [6.07, 6.45) is 0. The lowest BCUT2D eigenvalue weighted by Gasteiger charge is -2.12. The number of rotatable bonds is 10. The van der Waals surface area contributed by atoms with Crippen LogP contribution in [0, 0.1) is 0 Å². The zero-order valence-corrected chi connectivity index (χ0v) is 63.3. The molecule has 16 aromatic carbocycles. The molecule has 24 rings (SSSR count). The van der Waals surface area contributed by atoms with E-state index in [2.05, 4.69) is 300 Å². The maximum atomic E-state index is 6.27. The topological polar surface area (TPSA) is 100 Å². The summed E-state index contributed by atoms with van der Waals surface area (Å²) in [5, 5.41) is 14.6. The lowest BCUT2D eigenvalue weighted by molar-refractivity contribution is 0.669. The largest absolute Gasteiger partial charge is 0.456 e. The third kappa shape index (κ3) is 10.9. The van der Waals surface area contributed by atoms with E-state index in [1.807, 2.05) is 95.5 Å². The van der Waals surface area contributed by atoms with E-state index in [-0.39, 0.29) is 0 Å². The second kappa shape index (κ2) is 26.7. The van der Waals surface area contributed by atoms with Crippen molar-refractivity contribution in [2.24, 2.45) is 0 Å². The van der Waals surface area contributed by atoms with Crippen molar-refractivity contribution in [2.45, 2.75) is 0 Å². The number of thiophene rings is 3. The van der Waals surface area contributed by atoms with Crippen LogP contribution < -0.4 is 0 Å². The molecule has 8 aromatic heterocycles. The Morgan fingerprint density at radius 1 is 0.193 bits per heavy atom. The van der Waals surface area contributed by atoms with E-state index < -0.39 is 0 Å². The van der Waals surface area contributed by atoms with Crippen LogP contribution in [0.4, 0.5) is 0 Å². The lowest BCUT2D eigenvalue weighted by Crippen LogP contribution is -2.01. The molecule has 0 atom stereocenters. The van der Waals surface area contributed by atoms with Gasteiger partial charge in [-0.1, -0.05) is 261 Å². The number of nitrogens with zero attached hydrogens (tertiary/aromatic N) is 8. The minimum atomic E-state index is 0.586. The Morgan fingerprint density at radius 2 is 0.518 bits per heavy atom. The molecule has 0 spiro atoms. The average molecular weight is 1510 g/mol. The van der Waals surface area contributed by atoms with Crippen LogP contribution in [0.3, 0.4) is 0 Å². The summed E-state index contributed by atoms with van der Waals surface area (Å²) in [7, 11) is 0. The summed E-state index contributed by atoms with van der Waals surface area (Å²) in [4.78, 5) is 30.8. The van der Waals surface area contributed by atoms with Crippen molar-refractivity contribution < 1.29 is 4.42 Å². The fourth-order valence-corrected chi connectivity index (χ4v) is 20.3. The standard InChI is InChI=1S/C51H30N4OS.C51H30N4S2/c1-2-12-31(13-3-1)49-52-50(54-51(53-49)34-25-27-40-39-17-5-8-21-44(39)56-45(40)30-34)33-14-10-15-35(28-33)55-42-20-7-4-16-37(42)38-26-24-32(29-43(38)55)36-19-11-23-47-48(36)41-18-6-9-22-46(41)57-47;1-2-13-31(14-3-1)49-52-50(54-51(53-49)40-21-12-26-46-48(40)39-19-6-9-24-44(39)57-46)33-15-10-16-34(29-33)55-41-22-7-4-17-36(41)37-28-27-32(30-42(37)55)35-20-11-25-45-47(35)38-18-5-8-23-43(38)56-45/h2*1-30H. The van der Waals surface area contributed by atoms with Crippen molar-refractivity contribution in [1.82, 2.24) is 39.0 Å². The van der Waals surface area contributed by atoms with Crippen LogP contribution in [0.2, 0.25) is 0 Å². The van der Waals surface area contributed by atoms with E-state index in [1.165, 1.54) is 104 Å². The summed E-state index contributed by atoms with van der Waals surface area (Å²) in [6, 6.07) is 129. The first-order valence-electron chi connectivity index (χ1n) is 38.0. The fourth-order valence-electron chi connectivity index (χ4n) is 16.9. The van der Waals surface area contributed by atoms with Crippen molar-refractivity contribution in [3.05, 3.63) is 364 Å². The van der Waals surface area contributed by atoms with E-state index in [4.69, 9.17) is 34.3 Å². The van der Waals surface area contributed by atoms with E-state index >= 15 is 0 Å². The smallest absolute Gasteiger partial charge is 0.164 e. The average Bonchev–Trinajstić information content (AvgIpc) is 1.57. The monoisotopic (exact) mass is 1510 g/mol. The summed E-state index contributed by atoms with van der Waals surface area (Å²) in [5.74, 6) is 3.74. The van der Waals surface area contributed by atoms with Gasteiger partial charge in [0.25, 0.3) is 0 Å². The molecule has 0 bridgehead atoms. The van der Waals surface area contributed by atoms with E-state index in [1.54, 1.807) is 11.3 Å². The van der Waals surface area contributed by atoms with Crippen LogP contribution in [0.1, 0.15) is 0 Å². The molecule has 0 saturated carbocycles. The molecule has 0 aliphatic rings. The molecule has 114 heavy (non-hydrogen) atoms. The predicted molar refractivity (Wildman–Crippen MR) is 478 cm³/mol. The minimum Gasteiger partial charge on any atom is -0.456 e. The highest BCUT2D eigenvalue weighted by atomic mass is 32.1. The molecule has 0 radical (unpaired) electrons. The third-order valence-corrected chi connectivity index (χ3v) is 25.5. The van der Waals surface area contributed by atoms with Crippen LogP contribution >= 0.6 is 34.0 Å². The molecule has 0 aliphatic heterocycles. The van der Waals surface area contributed by atoms with Gasteiger partial charge in [-0.05, 0) is 125 Å². The van der Waals surface area contributed by atoms with Gasteiger partial charge in [-0.25, -0.2) is 29.9 Å². The van der Waals surface area contributed by atoms with Gasteiger partial charge in [0.1, 0.15) is 11.2 Å². The van der Waals surface area contributed by atoms with Gasteiger partial charge >= 0.3 is 0 Å². The first-order chi connectivity index (χ1) is 56.5. The van der Waals surface area contributed by atoms with E-state index in [0.717, 1.165) is 88.8 Å². The SMILES string of the molecule is c1ccc(-c2nc(-c3cccc(-n4c5ccccc5c5ccc(-c6cccc7sc8ccccc8c67)cc54)c3)nc(-c3ccc4c(c3)oc3ccccc34)n2)cc1.c1ccc(-c2nc(-c3cccc(-n4c5ccccc5c5ccc(-c6cccc7sc8ccccc8c67)cc54)c3)nc(-c3cccc4sc5ccccc5c34)n2)cc1. The van der Waals surface area contributed by atoms with Crippen molar-refractivity contribution in [3.8, 4) is 102 Å². The second-order valence-corrected chi connectivity index (χ2v) is 32.0. The van der Waals surface area contributed by atoms with Gasteiger partial charge in [0.05, 0.1) is 22.1 Å². The first kappa shape index (κ1) is 65.5. The molecule has 8 heterocycles. The summed E-state index contributed by atoms with van der Waals surface area (Å²) >= 11 is 5.51. The quantitative estimate of drug-likeness (QED) is 0.134. The number of furan rings is 1. The Kier molecular flexibility index (Phi) is 15.3. The van der Waals surface area contributed by atoms with Gasteiger partial charge in [0.2, 0.25) is 0 Å². The number of benzene rings is 16. The van der Waals surface area contributed by atoms with Crippen molar-refractivity contribution in [1.29, 1.82) is 0 Å². The maximum Gasteiger partial charge on any atom is 0.164 e. The van der Waals surface area contributed by atoms with Crippen molar-refractivity contribution in [2.75, 3.05) is 0 Å². The molecule has 0 saturated heterocycles. The molecule has 9 nitrogen and oxygen atoms in total. The Balaban J connectivity index is 0.000000135. The predicted octanol–water partition coefficient (Wildman–Crippen LogP) is 28.3. The van der Waals surface area contributed by atoms with E-state index in [0.29, 0.717) is 34.9 Å². The molecule has 532 valence electrons. The highest BCUT2D eigenvalue weighted by Gasteiger charge is 2.23. The summed E-state index contributed by atoms with van der Waals surface area (Å²) < 4.78 is 18.7. The fraction of sp³-hybridized carbons (Fsp3) is 0. The zero-order valence-electron chi connectivity index (χ0n) is 60.9. The number of hydrogen-bond donors (Lipinski definition) is 0. The van der Waals surface area contributed by atoms with Crippen molar-refractivity contribution >= 4 is 160 Å². The van der Waals surface area contributed by atoms with Crippen LogP contribution in [-0.2, 0) is 0 Å². The molecule has 0 fully saturated rings. The first-order valence-corrected chi connectivity index (χ1v) is 40.5.